The number of hydrogen-bond donors (Lipinski definition) is 1. The van der Waals surface area contributed by atoms with Gasteiger partial charge in [-0.3, -0.25) is 14.5 Å². The molecule has 1 fully saturated rings. The maximum Gasteiger partial charge on any atom is 0.317 e. The maximum atomic E-state index is 12.0. The summed E-state index contributed by atoms with van der Waals surface area (Å²) in [4.78, 5) is 26.2. The minimum Gasteiger partial charge on any atom is -0.480 e. The Morgan fingerprint density at radius 3 is 2.35 bits per heavy atom. The van der Waals surface area contributed by atoms with Crippen molar-refractivity contribution in [3.05, 3.63) is 42.0 Å². The fourth-order valence-electron chi connectivity index (χ4n) is 2.15. The van der Waals surface area contributed by atoms with E-state index in [0.29, 0.717) is 26.2 Å². The van der Waals surface area contributed by atoms with Crippen molar-refractivity contribution in [1.29, 1.82) is 0 Å². The van der Waals surface area contributed by atoms with E-state index in [1.165, 1.54) is 0 Å². The summed E-state index contributed by atoms with van der Waals surface area (Å²) in [6.07, 6.45) is 3.37. The Bertz CT molecular complexity index is 491. The number of hydrogen-bond acceptors (Lipinski definition) is 3. The largest absolute Gasteiger partial charge is 0.480 e. The second kappa shape index (κ2) is 6.86. The maximum absolute atomic E-state index is 12.0. The van der Waals surface area contributed by atoms with Crippen molar-refractivity contribution in [2.45, 2.75) is 0 Å². The fraction of sp³-hybridized carbons (Fsp3) is 0.333. The van der Waals surface area contributed by atoms with E-state index in [1.807, 2.05) is 35.2 Å². The molecule has 1 heterocycles. The van der Waals surface area contributed by atoms with Crippen molar-refractivity contribution < 1.29 is 14.7 Å². The monoisotopic (exact) mass is 274 g/mol. The van der Waals surface area contributed by atoms with Gasteiger partial charge in [-0.1, -0.05) is 30.3 Å². The number of rotatable bonds is 4. The first-order valence-electron chi connectivity index (χ1n) is 6.61. The van der Waals surface area contributed by atoms with Crippen LogP contribution < -0.4 is 0 Å². The van der Waals surface area contributed by atoms with Gasteiger partial charge >= 0.3 is 5.97 Å². The van der Waals surface area contributed by atoms with Gasteiger partial charge in [0, 0.05) is 32.3 Å². The van der Waals surface area contributed by atoms with E-state index in [-0.39, 0.29) is 12.5 Å². The number of nitrogens with zero attached hydrogens (tertiary/aromatic N) is 2. The number of benzene rings is 1. The molecule has 0 saturated carbocycles. The van der Waals surface area contributed by atoms with E-state index in [4.69, 9.17) is 5.11 Å². The van der Waals surface area contributed by atoms with Crippen LogP contribution in [-0.4, -0.2) is 59.5 Å². The molecule has 106 valence electrons. The second-order valence-corrected chi connectivity index (χ2v) is 4.74. The third-order valence-corrected chi connectivity index (χ3v) is 3.26. The van der Waals surface area contributed by atoms with Crippen molar-refractivity contribution in [2.24, 2.45) is 0 Å². The highest BCUT2D eigenvalue weighted by molar-refractivity contribution is 5.91. The quantitative estimate of drug-likeness (QED) is 0.830. The van der Waals surface area contributed by atoms with Crippen LogP contribution in [0.2, 0.25) is 0 Å². The summed E-state index contributed by atoms with van der Waals surface area (Å²) in [5, 5.41) is 8.72. The van der Waals surface area contributed by atoms with Gasteiger partial charge in [0.05, 0.1) is 6.54 Å². The standard InChI is InChI=1S/C15H18N2O3/c18-14(7-6-13-4-2-1-3-5-13)17-10-8-16(9-11-17)12-15(19)20/h1-7H,8-12H2,(H,19,20)/b7-6+. The number of amides is 1. The molecule has 1 saturated heterocycles. The van der Waals surface area contributed by atoms with Gasteiger partial charge < -0.3 is 10.0 Å². The highest BCUT2D eigenvalue weighted by Crippen LogP contribution is 2.05. The first-order chi connectivity index (χ1) is 9.65. The molecular formula is C15H18N2O3. The van der Waals surface area contributed by atoms with Crippen LogP contribution >= 0.6 is 0 Å². The Kier molecular flexibility index (Phi) is 4.90. The van der Waals surface area contributed by atoms with Crippen molar-refractivity contribution >= 4 is 18.0 Å². The van der Waals surface area contributed by atoms with Gasteiger partial charge in [0.2, 0.25) is 5.91 Å². The molecule has 0 atom stereocenters. The summed E-state index contributed by atoms with van der Waals surface area (Å²) in [6.45, 7) is 2.41. The average Bonchev–Trinajstić information content (AvgIpc) is 2.46. The molecule has 0 aromatic heterocycles. The van der Waals surface area contributed by atoms with Gasteiger partial charge in [0.25, 0.3) is 0 Å². The van der Waals surface area contributed by atoms with Crippen molar-refractivity contribution in [3.8, 4) is 0 Å². The molecule has 1 N–H and O–H groups in total. The van der Waals surface area contributed by atoms with Gasteiger partial charge in [0.15, 0.2) is 0 Å². The number of piperazine rings is 1. The van der Waals surface area contributed by atoms with Gasteiger partial charge in [-0.25, -0.2) is 0 Å². The lowest BCUT2D eigenvalue weighted by Crippen LogP contribution is -2.49. The van der Waals surface area contributed by atoms with Crippen LogP contribution in [0.15, 0.2) is 36.4 Å². The van der Waals surface area contributed by atoms with E-state index in [0.717, 1.165) is 5.56 Å². The number of carbonyl (C=O) groups is 2. The third kappa shape index (κ3) is 4.20. The zero-order valence-corrected chi connectivity index (χ0v) is 11.2. The molecule has 0 radical (unpaired) electrons. The SMILES string of the molecule is O=C(O)CN1CCN(C(=O)/C=C/c2ccccc2)CC1. The summed E-state index contributed by atoms with van der Waals surface area (Å²) in [7, 11) is 0. The molecule has 1 aliphatic rings. The number of aliphatic carboxylic acids is 1. The smallest absolute Gasteiger partial charge is 0.317 e. The molecule has 0 spiro atoms. The highest BCUT2D eigenvalue weighted by atomic mass is 16.4. The van der Waals surface area contributed by atoms with Crippen molar-refractivity contribution in [1.82, 2.24) is 9.80 Å². The Morgan fingerprint density at radius 2 is 1.75 bits per heavy atom. The van der Waals surface area contributed by atoms with E-state index in [2.05, 4.69) is 0 Å². The zero-order chi connectivity index (χ0) is 14.4. The van der Waals surface area contributed by atoms with Crippen molar-refractivity contribution in [3.63, 3.8) is 0 Å². The normalized spacial score (nSPS) is 16.5. The third-order valence-electron chi connectivity index (χ3n) is 3.26. The Labute approximate surface area is 118 Å². The lowest BCUT2D eigenvalue weighted by atomic mass is 10.2. The molecule has 2 rings (SSSR count). The highest BCUT2D eigenvalue weighted by Gasteiger charge is 2.20. The molecule has 20 heavy (non-hydrogen) atoms. The van der Waals surface area contributed by atoms with Crippen LogP contribution in [0.25, 0.3) is 6.08 Å². The molecule has 0 aliphatic carbocycles. The first kappa shape index (κ1) is 14.3. The van der Waals surface area contributed by atoms with Crippen LogP contribution in [0.4, 0.5) is 0 Å². The molecule has 1 amide bonds. The molecule has 1 aromatic rings. The number of carbonyl (C=O) groups excluding carboxylic acids is 1. The van der Waals surface area contributed by atoms with Crippen LogP contribution in [0.3, 0.4) is 0 Å². The Balaban J connectivity index is 1.83. The Morgan fingerprint density at radius 1 is 1.10 bits per heavy atom. The summed E-state index contributed by atoms with van der Waals surface area (Å²) in [5.74, 6) is -0.849. The minimum atomic E-state index is -0.825. The van der Waals surface area contributed by atoms with Gasteiger partial charge in [-0.2, -0.15) is 0 Å². The summed E-state index contributed by atoms with van der Waals surface area (Å²) in [6, 6.07) is 9.66. The molecular weight excluding hydrogens is 256 g/mol. The van der Waals surface area contributed by atoms with Crippen LogP contribution in [-0.2, 0) is 9.59 Å². The molecule has 0 bridgehead atoms. The van der Waals surface area contributed by atoms with Crippen LogP contribution in [0, 0.1) is 0 Å². The summed E-state index contributed by atoms with van der Waals surface area (Å²) in [5.41, 5.74) is 0.991. The first-order valence-corrected chi connectivity index (χ1v) is 6.61. The molecule has 5 nitrogen and oxygen atoms in total. The fourth-order valence-corrected chi connectivity index (χ4v) is 2.15. The predicted octanol–water partition coefficient (Wildman–Crippen LogP) is 0.929. The summed E-state index contributed by atoms with van der Waals surface area (Å²) < 4.78 is 0. The lowest BCUT2D eigenvalue weighted by molar-refractivity contribution is -0.139. The van der Waals surface area contributed by atoms with Crippen molar-refractivity contribution in [2.75, 3.05) is 32.7 Å². The van der Waals surface area contributed by atoms with Gasteiger partial charge in [0.1, 0.15) is 0 Å². The predicted molar refractivity (Wildman–Crippen MR) is 76.1 cm³/mol. The summed E-state index contributed by atoms with van der Waals surface area (Å²) >= 11 is 0. The molecule has 0 unspecified atom stereocenters. The van der Waals surface area contributed by atoms with E-state index in [9.17, 15) is 9.59 Å². The van der Waals surface area contributed by atoms with Gasteiger partial charge in [-0.05, 0) is 11.6 Å². The molecule has 5 heteroatoms. The van der Waals surface area contributed by atoms with E-state index >= 15 is 0 Å². The van der Waals surface area contributed by atoms with E-state index in [1.54, 1.807) is 17.1 Å². The van der Waals surface area contributed by atoms with Crippen LogP contribution in [0.1, 0.15) is 5.56 Å². The number of carboxylic acid groups (broad SMARTS) is 1. The average molecular weight is 274 g/mol. The minimum absolute atomic E-state index is 0.0242. The molecule has 1 aliphatic heterocycles. The zero-order valence-electron chi connectivity index (χ0n) is 11.2. The van der Waals surface area contributed by atoms with Crippen LogP contribution in [0.5, 0.6) is 0 Å². The number of carboxylic acids is 1. The van der Waals surface area contributed by atoms with E-state index < -0.39 is 5.97 Å². The molecule has 1 aromatic carbocycles. The second-order valence-electron chi connectivity index (χ2n) is 4.74. The van der Waals surface area contributed by atoms with Gasteiger partial charge in [-0.15, -0.1) is 0 Å². The topological polar surface area (TPSA) is 60.9 Å². The Hall–Kier alpha value is -2.14. The lowest BCUT2D eigenvalue weighted by Gasteiger charge is -2.33.